The molecule has 4 nitrogen and oxygen atoms in total. The van der Waals surface area contributed by atoms with Crippen LogP contribution in [-0.2, 0) is 9.47 Å². The van der Waals surface area contributed by atoms with Gasteiger partial charge < -0.3 is 19.3 Å². The third-order valence-corrected chi connectivity index (χ3v) is 6.25. The van der Waals surface area contributed by atoms with Crippen molar-refractivity contribution in [3.63, 3.8) is 0 Å². The number of aliphatic hydroxyl groups excluding tert-OH is 1. The van der Waals surface area contributed by atoms with E-state index in [4.69, 9.17) is 14.2 Å². The lowest BCUT2D eigenvalue weighted by Gasteiger charge is -2.44. The lowest BCUT2D eigenvalue weighted by atomic mass is 9.86. The second-order valence-corrected chi connectivity index (χ2v) is 9.02. The summed E-state index contributed by atoms with van der Waals surface area (Å²) in [5.74, 6) is 1.02. The van der Waals surface area contributed by atoms with Crippen LogP contribution in [0.3, 0.4) is 0 Å². The van der Waals surface area contributed by atoms with Gasteiger partial charge in [-0.1, -0.05) is 19.9 Å². The summed E-state index contributed by atoms with van der Waals surface area (Å²) in [6, 6.07) is 4.27. The van der Waals surface area contributed by atoms with Crippen LogP contribution in [0.25, 0.3) is 0 Å². The highest BCUT2D eigenvalue weighted by Gasteiger charge is 2.40. The van der Waals surface area contributed by atoms with E-state index >= 15 is 0 Å². The van der Waals surface area contributed by atoms with Crippen LogP contribution >= 0.6 is 22.6 Å². The van der Waals surface area contributed by atoms with Gasteiger partial charge in [0.1, 0.15) is 5.75 Å². The van der Waals surface area contributed by atoms with Gasteiger partial charge in [-0.2, -0.15) is 0 Å². The second kappa shape index (κ2) is 9.22. The molecule has 5 unspecified atom stereocenters. The standard InChI is InChI=1S/C21H33IO4/c1-7-21(6)12-18(15(4)16(5)23)25-19(26-21)8-9-24-20-14(3)10-13(2)11-17(20)22/h10-11,15-16,18-19,23H,7-9,12H2,1-6H3. The minimum atomic E-state index is -0.395. The molecule has 148 valence electrons. The van der Waals surface area contributed by atoms with Crippen molar-refractivity contribution in [3.05, 3.63) is 26.8 Å². The Hall–Kier alpha value is -0.370. The number of benzene rings is 1. The van der Waals surface area contributed by atoms with Crippen LogP contribution in [-0.4, -0.2) is 35.8 Å². The summed E-state index contributed by atoms with van der Waals surface area (Å²) in [5, 5.41) is 9.96. The molecule has 5 atom stereocenters. The predicted octanol–water partition coefficient (Wildman–Crippen LogP) is 4.99. The predicted molar refractivity (Wildman–Crippen MR) is 113 cm³/mol. The van der Waals surface area contributed by atoms with Crippen molar-refractivity contribution in [3.8, 4) is 5.75 Å². The Morgan fingerprint density at radius 3 is 2.62 bits per heavy atom. The van der Waals surface area contributed by atoms with E-state index < -0.39 is 6.10 Å². The van der Waals surface area contributed by atoms with Crippen molar-refractivity contribution < 1.29 is 19.3 Å². The number of aryl methyl sites for hydroxylation is 2. The van der Waals surface area contributed by atoms with Crippen LogP contribution in [0.1, 0.15) is 58.1 Å². The quantitative estimate of drug-likeness (QED) is 0.564. The molecule has 5 heteroatoms. The van der Waals surface area contributed by atoms with Gasteiger partial charge in [-0.15, -0.1) is 0 Å². The molecular formula is C21H33IO4. The fourth-order valence-corrected chi connectivity index (χ4v) is 4.45. The van der Waals surface area contributed by atoms with Crippen LogP contribution in [0.15, 0.2) is 12.1 Å². The Morgan fingerprint density at radius 2 is 2.04 bits per heavy atom. The fraction of sp³-hybridized carbons (Fsp3) is 0.714. The molecule has 1 N–H and O–H groups in total. The van der Waals surface area contributed by atoms with Crippen molar-refractivity contribution in [2.24, 2.45) is 5.92 Å². The minimum Gasteiger partial charge on any atom is -0.492 e. The van der Waals surface area contributed by atoms with Gasteiger partial charge in [-0.3, -0.25) is 0 Å². The van der Waals surface area contributed by atoms with Crippen LogP contribution < -0.4 is 4.74 Å². The van der Waals surface area contributed by atoms with Crippen molar-refractivity contribution >= 4 is 22.6 Å². The lowest BCUT2D eigenvalue weighted by Crippen LogP contribution is -2.49. The van der Waals surface area contributed by atoms with E-state index in [1.165, 1.54) is 5.56 Å². The summed E-state index contributed by atoms with van der Waals surface area (Å²) in [7, 11) is 0. The van der Waals surface area contributed by atoms with E-state index in [0.29, 0.717) is 13.0 Å². The fourth-order valence-electron chi connectivity index (χ4n) is 3.38. The van der Waals surface area contributed by atoms with Gasteiger partial charge in [0.2, 0.25) is 0 Å². The average molecular weight is 476 g/mol. The molecule has 1 heterocycles. The van der Waals surface area contributed by atoms with Gasteiger partial charge in [0, 0.05) is 18.8 Å². The Labute approximate surface area is 171 Å². The van der Waals surface area contributed by atoms with Gasteiger partial charge in [0.25, 0.3) is 0 Å². The van der Waals surface area contributed by atoms with Crippen molar-refractivity contribution in [1.82, 2.24) is 0 Å². The summed E-state index contributed by atoms with van der Waals surface area (Å²) < 4.78 is 19.6. The summed E-state index contributed by atoms with van der Waals surface area (Å²) >= 11 is 2.32. The van der Waals surface area contributed by atoms with Crippen LogP contribution in [0.2, 0.25) is 0 Å². The van der Waals surface area contributed by atoms with Crippen LogP contribution in [0, 0.1) is 23.3 Å². The van der Waals surface area contributed by atoms with E-state index in [1.807, 2.05) is 13.8 Å². The third kappa shape index (κ3) is 5.57. The second-order valence-electron chi connectivity index (χ2n) is 7.86. The highest BCUT2D eigenvalue weighted by molar-refractivity contribution is 14.1. The van der Waals surface area contributed by atoms with E-state index in [1.54, 1.807) is 0 Å². The molecule has 1 aromatic rings. The SMILES string of the molecule is CCC1(C)CC(C(C)C(C)O)OC(CCOc2c(C)cc(C)cc2I)O1. The van der Waals surface area contributed by atoms with Gasteiger partial charge in [0.05, 0.1) is 28.0 Å². The molecule has 1 fully saturated rings. The van der Waals surface area contributed by atoms with Crippen LogP contribution in [0.5, 0.6) is 5.75 Å². The number of rotatable bonds is 7. The first kappa shape index (κ1) is 21.9. The maximum atomic E-state index is 9.96. The summed E-state index contributed by atoms with van der Waals surface area (Å²) in [6.07, 6.45) is 1.70. The zero-order chi connectivity index (χ0) is 19.5. The van der Waals surface area contributed by atoms with Gasteiger partial charge >= 0.3 is 0 Å². The first-order chi connectivity index (χ1) is 12.1. The van der Waals surface area contributed by atoms with Crippen molar-refractivity contribution in [2.45, 2.75) is 84.9 Å². The summed E-state index contributed by atoms with van der Waals surface area (Å²) in [6.45, 7) is 12.9. The molecule has 1 aliphatic rings. The van der Waals surface area contributed by atoms with E-state index in [-0.39, 0.29) is 23.9 Å². The average Bonchev–Trinajstić information content (AvgIpc) is 2.56. The molecule has 0 bridgehead atoms. The Bertz CT molecular complexity index is 581. The Morgan fingerprint density at radius 1 is 1.35 bits per heavy atom. The first-order valence-electron chi connectivity index (χ1n) is 9.56. The topological polar surface area (TPSA) is 47.9 Å². The largest absolute Gasteiger partial charge is 0.492 e. The van der Waals surface area contributed by atoms with E-state index in [9.17, 15) is 5.11 Å². The van der Waals surface area contributed by atoms with Crippen molar-refractivity contribution in [1.29, 1.82) is 0 Å². The van der Waals surface area contributed by atoms with E-state index in [0.717, 1.165) is 27.7 Å². The van der Waals surface area contributed by atoms with Gasteiger partial charge in [-0.05, 0) is 73.9 Å². The molecule has 1 saturated heterocycles. The third-order valence-electron chi connectivity index (χ3n) is 5.44. The maximum absolute atomic E-state index is 9.96. The first-order valence-corrected chi connectivity index (χ1v) is 10.6. The number of hydrogen-bond donors (Lipinski definition) is 1. The Balaban J connectivity index is 1.99. The molecule has 0 radical (unpaired) electrons. The highest BCUT2D eigenvalue weighted by atomic mass is 127. The van der Waals surface area contributed by atoms with Gasteiger partial charge in [0.15, 0.2) is 6.29 Å². The molecular weight excluding hydrogens is 443 g/mol. The number of halogens is 1. The normalized spacial score (nSPS) is 28.6. The van der Waals surface area contributed by atoms with E-state index in [2.05, 4.69) is 62.4 Å². The minimum absolute atomic E-state index is 0.0000490. The summed E-state index contributed by atoms with van der Waals surface area (Å²) in [4.78, 5) is 0. The van der Waals surface area contributed by atoms with Gasteiger partial charge in [-0.25, -0.2) is 0 Å². The molecule has 2 rings (SSSR count). The van der Waals surface area contributed by atoms with Crippen molar-refractivity contribution in [2.75, 3.05) is 6.61 Å². The molecule has 0 aliphatic carbocycles. The number of hydrogen-bond acceptors (Lipinski definition) is 4. The maximum Gasteiger partial charge on any atom is 0.161 e. The molecule has 0 amide bonds. The molecule has 1 aromatic carbocycles. The smallest absolute Gasteiger partial charge is 0.161 e. The Kier molecular flexibility index (Phi) is 7.77. The zero-order valence-corrected chi connectivity index (χ0v) is 19.0. The molecule has 0 aromatic heterocycles. The molecule has 1 aliphatic heterocycles. The number of aliphatic hydroxyl groups is 1. The highest BCUT2D eigenvalue weighted by Crippen LogP contribution is 2.36. The summed E-state index contributed by atoms with van der Waals surface area (Å²) in [5.41, 5.74) is 2.18. The monoisotopic (exact) mass is 476 g/mol. The molecule has 26 heavy (non-hydrogen) atoms. The zero-order valence-electron chi connectivity index (χ0n) is 16.8. The number of ether oxygens (including phenoxy) is 3. The molecule has 0 saturated carbocycles. The molecule has 0 spiro atoms. The lowest BCUT2D eigenvalue weighted by molar-refractivity contribution is -0.292. The van der Waals surface area contributed by atoms with Crippen LogP contribution in [0.4, 0.5) is 0 Å².